The second-order valence-electron chi connectivity index (χ2n) is 13.0. The van der Waals surface area contributed by atoms with Gasteiger partial charge in [-0.3, -0.25) is 0 Å². The van der Waals surface area contributed by atoms with Crippen LogP contribution in [0.5, 0.6) is 0 Å². The number of hydrogen-bond acceptors (Lipinski definition) is 3. The van der Waals surface area contributed by atoms with Crippen LogP contribution in [0.25, 0.3) is 83.3 Å². The van der Waals surface area contributed by atoms with Crippen molar-refractivity contribution in [3.05, 3.63) is 140 Å². The van der Waals surface area contributed by atoms with E-state index < -0.39 is 8.07 Å². The summed E-state index contributed by atoms with van der Waals surface area (Å²) in [7, 11) is -2.15. The molecule has 0 bridgehead atoms. The smallest absolute Gasteiger partial charge is 0.160 e. The number of fused-ring (bicyclic) bond motifs is 10. The summed E-state index contributed by atoms with van der Waals surface area (Å²) >= 11 is 0. The van der Waals surface area contributed by atoms with Gasteiger partial charge in [0.25, 0.3) is 0 Å². The van der Waals surface area contributed by atoms with Crippen molar-refractivity contribution in [3.8, 4) is 39.6 Å². The summed E-state index contributed by atoms with van der Waals surface area (Å²) in [4.78, 5) is 10.8. The molecule has 0 unspecified atom stereocenters. The van der Waals surface area contributed by atoms with Crippen LogP contribution < -0.4 is 10.4 Å². The maximum Gasteiger partial charge on any atom is 0.160 e. The minimum atomic E-state index is -2.15. The van der Waals surface area contributed by atoms with Crippen molar-refractivity contribution in [1.82, 2.24) is 14.5 Å². The third-order valence-corrected chi connectivity index (χ3v) is 13.5. The molecule has 47 heavy (non-hydrogen) atoms. The van der Waals surface area contributed by atoms with E-state index in [1.54, 1.807) is 0 Å². The Morgan fingerprint density at radius 2 is 1.21 bits per heavy atom. The van der Waals surface area contributed by atoms with E-state index in [0.29, 0.717) is 0 Å². The molecule has 0 saturated carbocycles. The Bertz CT molecular complexity index is 2720. The summed E-state index contributed by atoms with van der Waals surface area (Å²) < 4.78 is 9.00. The Kier molecular flexibility index (Phi) is 5.41. The van der Waals surface area contributed by atoms with Gasteiger partial charge in [0, 0.05) is 27.3 Å². The first-order valence-corrected chi connectivity index (χ1v) is 19.1. The molecular formula is C42H29N3OSi. The molecule has 222 valence electrons. The Hall–Kier alpha value is -5.78. The van der Waals surface area contributed by atoms with Crippen molar-refractivity contribution in [2.45, 2.75) is 13.1 Å². The van der Waals surface area contributed by atoms with E-state index in [9.17, 15) is 0 Å². The van der Waals surface area contributed by atoms with Crippen LogP contribution in [0, 0.1) is 0 Å². The molecule has 1 aliphatic heterocycles. The molecule has 4 nitrogen and oxygen atoms in total. The standard InChI is InChI=1S/C42H29N3OSi/c1-47(2)36-23-13-9-19-31(36)39-41(47)38(43-42(44-39)26-14-4-3-5-15-26)30-18-7-11-21-33(30)45-32-20-10-6-17-29(32)37-34(45)25-24-28-27-16-8-12-22-35(27)46-40(28)37/h3-25H,1-2H3. The molecule has 0 spiro atoms. The molecule has 0 amide bonds. The molecule has 10 rings (SSSR count). The van der Waals surface area contributed by atoms with Gasteiger partial charge in [0.2, 0.25) is 0 Å². The lowest BCUT2D eigenvalue weighted by Gasteiger charge is -2.23. The van der Waals surface area contributed by atoms with Crippen LogP contribution in [0.15, 0.2) is 144 Å². The van der Waals surface area contributed by atoms with Gasteiger partial charge in [-0.2, -0.15) is 0 Å². The van der Waals surface area contributed by atoms with E-state index in [1.807, 2.05) is 12.1 Å². The molecule has 4 heterocycles. The van der Waals surface area contributed by atoms with Crippen LogP contribution in [-0.4, -0.2) is 22.6 Å². The molecule has 5 heteroatoms. The molecule has 0 aliphatic carbocycles. The summed E-state index contributed by atoms with van der Waals surface area (Å²) in [6, 6.07) is 49.4. The highest BCUT2D eigenvalue weighted by Gasteiger charge is 2.42. The maximum atomic E-state index is 6.60. The molecule has 0 radical (unpaired) electrons. The third kappa shape index (κ3) is 3.63. The van der Waals surface area contributed by atoms with Crippen LogP contribution >= 0.6 is 0 Å². The Balaban J connectivity index is 1.32. The summed E-state index contributed by atoms with van der Waals surface area (Å²) in [6.07, 6.45) is 0. The summed E-state index contributed by atoms with van der Waals surface area (Å²) in [5, 5.41) is 7.28. The average molecular weight is 620 g/mol. The number of furan rings is 1. The summed E-state index contributed by atoms with van der Waals surface area (Å²) in [5.41, 5.74) is 10.6. The lowest BCUT2D eigenvalue weighted by molar-refractivity contribution is 0.673. The Labute approximate surface area is 272 Å². The van der Waals surface area contributed by atoms with Gasteiger partial charge >= 0.3 is 0 Å². The van der Waals surface area contributed by atoms with E-state index in [2.05, 4.69) is 145 Å². The Morgan fingerprint density at radius 3 is 2.06 bits per heavy atom. The highest BCUT2D eigenvalue weighted by atomic mass is 28.3. The monoisotopic (exact) mass is 619 g/mol. The Morgan fingerprint density at radius 1 is 0.553 bits per heavy atom. The largest absolute Gasteiger partial charge is 0.455 e. The highest BCUT2D eigenvalue weighted by Crippen LogP contribution is 2.42. The first kappa shape index (κ1) is 26.4. The SMILES string of the molecule is C[Si]1(C)c2ccccc2-c2nc(-c3ccccc3)nc(-c3ccccc3-n3c4ccccc4c4c5oc6ccccc6c5ccc43)c21. The predicted molar refractivity (Wildman–Crippen MR) is 197 cm³/mol. The summed E-state index contributed by atoms with van der Waals surface area (Å²) in [6.45, 7) is 4.88. The normalized spacial score (nSPS) is 13.5. The number of rotatable bonds is 3. The van der Waals surface area contributed by atoms with Gasteiger partial charge in [-0.05, 0) is 46.3 Å². The fourth-order valence-corrected chi connectivity index (χ4v) is 11.1. The number of hydrogen-bond donors (Lipinski definition) is 0. The minimum Gasteiger partial charge on any atom is -0.455 e. The van der Waals surface area contributed by atoms with Crippen molar-refractivity contribution in [3.63, 3.8) is 0 Å². The predicted octanol–water partition coefficient (Wildman–Crippen LogP) is 9.61. The van der Waals surface area contributed by atoms with Gasteiger partial charge < -0.3 is 8.98 Å². The van der Waals surface area contributed by atoms with Gasteiger partial charge in [0.05, 0.1) is 33.5 Å². The van der Waals surface area contributed by atoms with Crippen molar-refractivity contribution in [1.29, 1.82) is 0 Å². The quantitative estimate of drug-likeness (QED) is 0.185. The van der Waals surface area contributed by atoms with Gasteiger partial charge in [0.1, 0.15) is 19.2 Å². The zero-order chi connectivity index (χ0) is 31.3. The van der Waals surface area contributed by atoms with Gasteiger partial charge in [-0.25, -0.2) is 9.97 Å². The van der Waals surface area contributed by atoms with Crippen LogP contribution in [-0.2, 0) is 0 Å². The number of nitrogens with zero attached hydrogens (tertiary/aromatic N) is 3. The van der Waals surface area contributed by atoms with E-state index in [4.69, 9.17) is 14.4 Å². The van der Waals surface area contributed by atoms with E-state index >= 15 is 0 Å². The van der Waals surface area contributed by atoms with E-state index in [1.165, 1.54) is 21.3 Å². The molecule has 0 saturated heterocycles. The zero-order valence-electron chi connectivity index (χ0n) is 26.0. The van der Waals surface area contributed by atoms with Crippen molar-refractivity contribution in [2.75, 3.05) is 0 Å². The molecule has 6 aromatic carbocycles. The molecular weight excluding hydrogens is 591 g/mol. The lowest BCUT2D eigenvalue weighted by atomic mass is 10.0. The second-order valence-corrected chi connectivity index (χ2v) is 17.2. The van der Waals surface area contributed by atoms with Crippen LogP contribution in [0.4, 0.5) is 0 Å². The summed E-state index contributed by atoms with van der Waals surface area (Å²) in [5.74, 6) is 0.752. The zero-order valence-corrected chi connectivity index (χ0v) is 27.0. The van der Waals surface area contributed by atoms with Gasteiger partial charge in [0.15, 0.2) is 5.82 Å². The molecule has 9 aromatic rings. The minimum absolute atomic E-state index is 0.752. The average Bonchev–Trinajstić information content (AvgIpc) is 3.74. The molecule has 1 aliphatic rings. The van der Waals surface area contributed by atoms with Crippen LogP contribution in [0.3, 0.4) is 0 Å². The molecule has 0 atom stereocenters. The topological polar surface area (TPSA) is 43.9 Å². The lowest BCUT2D eigenvalue weighted by Crippen LogP contribution is -2.50. The third-order valence-electron chi connectivity index (χ3n) is 10.0. The molecule has 3 aromatic heterocycles. The van der Waals surface area contributed by atoms with E-state index in [0.717, 1.165) is 72.4 Å². The van der Waals surface area contributed by atoms with Crippen molar-refractivity contribution < 1.29 is 4.42 Å². The van der Waals surface area contributed by atoms with E-state index in [-0.39, 0.29) is 0 Å². The van der Waals surface area contributed by atoms with Gasteiger partial charge in [-0.1, -0.05) is 122 Å². The fourth-order valence-electron chi connectivity index (χ4n) is 7.89. The van der Waals surface area contributed by atoms with Crippen molar-refractivity contribution >= 4 is 62.2 Å². The molecule has 0 N–H and O–H groups in total. The van der Waals surface area contributed by atoms with Crippen LogP contribution in [0.1, 0.15) is 0 Å². The first-order valence-electron chi connectivity index (χ1n) is 16.1. The molecule has 0 fully saturated rings. The second kappa shape index (κ2) is 9.61. The number of para-hydroxylation sites is 3. The first-order chi connectivity index (χ1) is 23.1. The van der Waals surface area contributed by atoms with Crippen molar-refractivity contribution in [2.24, 2.45) is 0 Å². The van der Waals surface area contributed by atoms with Gasteiger partial charge in [-0.15, -0.1) is 0 Å². The number of aromatic nitrogens is 3. The highest BCUT2D eigenvalue weighted by molar-refractivity contribution is 7.04. The van der Waals surface area contributed by atoms with Crippen LogP contribution in [0.2, 0.25) is 13.1 Å². The fraction of sp³-hybridized carbons (Fsp3) is 0.0476. The number of benzene rings is 6. The maximum absolute atomic E-state index is 6.60.